The second-order valence-corrected chi connectivity index (χ2v) is 7.97. The number of rotatable bonds is 3. The van der Waals surface area contributed by atoms with E-state index in [0.29, 0.717) is 0 Å². The Bertz CT molecular complexity index is 79.5. The zero-order valence-electron chi connectivity index (χ0n) is 6.89. The first-order chi connectivity index (χ1) is 3.95. The Morgan fingerprint density at radius 1 is 1.33 bits per heavy atom. The first-order valence-electron chi connectivity index (χ1n) is 3.16. The van der Waals surface area contributed by atoms with E-state index in [-0.39, 0.29) is 6.29 Å². The summed E-state index contributed by atoms with van der Waals surface area (Å²) < 4.78 is 10.6. The Labute approximate surface area is 61.2 Å². The maximum atomic E-state index is 5.54. The molecule has 0 heterocycles. The largest absolute Gasteiger partial charge is 0.405 e. The minimum atomic E-state index is -1.34. The molecule has 56 valence electrons. The lowest BCUT2D eigenvalue weighted by atomic mass is 10.8. The van der Waals surface area contributed by atoms with Crippen molar-refractivity contribution in [1.82, 2.24) is 0 Å². The SMILES string of the molecule is CC(O[SiH3])O[Si](C)(C)C. The quantitative estimate of drug-likeness (QED) is 0.446. The molecule has 0 bridgehead atoms. The number of hydrogen-bond acceptors (Lipinski definition) is 2. The average Bonchev–Trinajstić information content (AvgIpc) is 1.62. The van der Waals surface area contributed by atoms with Crippen molar-refractivity contribution < 1.29 is 8.85 Å². The highest BCUT2D eigenvalue weighted by Gasteiger charge is 2.16. The zero-order valence-corrected chi connectivity index (χ0v) is 9.89. The van der Waals surface area contributed by atoms with Crippen molar-refractivity contribution in [1.29, 1.82) is 0 Å². The van der Waals surface area contributed by atoms with Crippen LogP contribution in [0.3, 0.4) is 0 Å². The van der Waals surface area contributed by atoms with Crippen LogP contribution in [0.25, 0.3) is 0 Å². The van der Waals surface area contributed by atoms with Crippen molar-refractivity contribution in [2.45, 2.75) is 32.9 Å². The first-order valence-corrected chi connectivity index (χ1v) is 7.39. The molecule has 0 rings (SSSR count). The maximum absolute atomic E-state index is 5.54. The fourth-order valence-electron chi connectivity index (χ4n) is 0.546. The first kappa shape index (κ1) is 9.35. The smallest absolute Gasteiger partial charge is 0.187 e. The van der Waals surface area contributed by atoms with Crippen molar-refractivity contribution >= 4 is 18.8 Å². The summed E-state index contributed by atoms with van der Waals surface area (Å²) in [4.78, 5) is 0. The van der Waals surface area contributed by atoms with Gasteiger partial charge in [-0.05, 0) is 26.6 Å². The summed E-state index contributed by atoms with van der Waals surface area (Å²) in [6, 6.07) is 0. The molecule has 4 heteroatoms. The van der Waals surface area contributed by atoms with Gasteiger partial charge in [0.05, 0.1) is 0 Å². The summed E-state index contributed by atoms with van der Waals surface area (Å²) >= 11 is 0. The molecule has 0 fully saturated rings. The van der Waals surface area contributed by atoms with Gasteiger partial charge in [-0.1, -0.05) is 0 Å². The van der Waals surface area contributed by atoms with Crippen LogP contribution in [-0.2, 0) is 8.85 Å². The van der Waals surface area contributed by atoms with Crippen LogP contribution in [0.15, 0.2) is 0 Å². The zero-order chi connectivity index (χ0) is 7.49. The van der Waals surface area contributed by atoms with Gasteiger partial charge in [-0.3, -0.25) is 0 Å². The van der Waals surface area contributed by atoms with Crippen LogP contribution < -0.4 is 0 Å². The highest BCUT2D eigenvalue weighted by Crippen LogP contribution is 2.06. The summed E-state index contributed by atoms with van der Waals surface area (Å²) in [7, 11) is -0.581. The topological polar surface area (TPSA) is 18.5 Å². The van der Waals surface area contributed by atoms with Crippen molar-refractivity contribution in [2.24, 2.45) is 0 Å². The third-order valence-corrected chi connectivity index (χ3v) is 2.55. The fraction of sp³-hybridized carbons (Fsp3) is 1.00. The molecule has 0 saturated carbocycles. The van der Waals surface area contributed by atoms with Crippen LogP contribution in [0.5, 0.6) is 0 Å². The van der Waals surface area contributed by atoms with Crippen molar-refractivity contribution in [3.8, 4) is 0 Å². The standard InChI is InChI=1S/C5H16O2Si2/c1-5(6-8)7-9(2,3)4/h5H,1-4,8H3. The van der Waals surface area contributed by atoms with Crippen molar-refractivity contribution in [3.63, 3.8) is 0 Å². The summed E-state index contributed by atoms with van der Waals surface area (Å²) in [5.74, 6) is 0. The molecule has 1 unspecified atom stereocenters. The van der Waals surface area contributed by atoms with Crippen LogP contribution >= 0.6 is 0 Å². The molecule has 0 aliphatic rings. The van der Waals surface area contributed by atoms with Gasteiger partial charge in [0.15, 0.2) is 8.32 Å². The van der Waals surface area contributed by atoms with E-state index in [1.54, 1.807) is 0 Å². The Morgan fingerprint density at radius 3 is 1.89 bits per heavy atom. The normalized spacial score (nSPS) is 16.0. The van der Waals surface area contributed by atoms with Gasteiger partial charge >= 0.3 is 0 Å². The lowest BCUT2D eigenvalue weighted by molar-refractivity contribution is 0.0229. The molecule has 0 aromatic heterocycles. The summed E-state index contributed by atoms with van der Waals surface area (Å²) in [5, 5.41) is 0. The van der Waals surface area contributed by atoms with E-state index in [1.165, 1.54) is 0 Å². The summed E-state index contributed by atoms with van der Waals surface area (Å²) in [5.41, 5.74) is 0. The Kier molecular flexibility index (Phi) is 3.64. The van der Waals surface area contributed by atoms with E-state index >= 15 is 0 Å². The van der Waals surface area contributed by atoms with E-state index in [1.807, 2.05) is 6.92 Å². The molecule has 0 aromatic rings. The van der Waals surface area contributed by atoms with Gasteiger partial charge in [0, 0.05) is 0 Å². The molecular formula is C5H16O2Si2. The van der Waals surface area contributed by atoms with Crippen molar-refractivity contribution in [3.05, 3.63) is 0 Å². The second kappa shape index (κ2) is 3.50. The molecule has 1 atom stereocenters. The molecular weight excluding hydrogens is 148 g/mol. The van der Waals surface area contributed by atoms with E-state index in [2.05, 4.69) is 19.6 Å². The fourth-order valence-corrected chi connectivity index (χ4v) is 1.93. The number of hydrogen-bond donors (Lipinski definition) is 0. The molecule has 0 aromatic carbocycles. The minimum Gasteiger partial charge on any atom is -0.405 e. The molecule has 0 amide bonds. The van der Waals surface area contributed by atoms with Crippen LogP contribution in [0.4, 0.5) is 0 Å². The van der Waals surface area contributed by atoms with E-state index in [4.69, 9.17) is 8.85 Å². The molecule has 0 spiro atoms. The molecule has 9 heavy (non-hydrogen) atoms. The highest BCUT2D eigenvalue weighted by atomic mass is 28.4. The predicted molar refractivity (Wildman–Crippen MR) is 44.9 cm³/mol. The van der Waals surface area contributed by atoms with Gasteiger partial charge in [-0.2, -0.15) is 0 Å². The van der Waals surface area contributed by atoms with E-state index in [9.17, 15) is 0 Å². The van der Waals surface area contributed by atoms with Gasteiger partial charge in [0.2, 0.25) is 0 Å². The molecule has 0 saturated heterocycles. The lowest BCUT2D eigenvalue weighted by Gasteiger charge is -2.22. The van der Waals surface area contributed by atoms with Gasteiger partial charge in [0.1, 0.15) is 16.8 Å². The predicted octanol–water partition coefficient (Wildman–Crippen LogP) is 0.481. The maximum Gasteiger partial charge on any atom is 0.187 e. The molecule has 0 N–H and O–H groups in total. The minimum absolute atomic E-state index is 0.0170. The van der Waals surface area contributed by atoms with Crippen molar-refractivity contribution in [2.75, 3.05) is 0 Å². The average molecular weight is 164 g/mol. The molecule has 0 aliphatic heterocycles. The van der Waals surface area contributed by atoms with Gasteiger partial charge < -0.3 is 8.85 Å². The third kappa shape index (κ3) is 6.24. The van der Waals surface area contributed by atoms with Crippen LogP contribution in [0, 0.1) is 0 Å². The third-order valence-electron chi connectivity index (χ3n) is 0.851. The Balaban J connectivity index is 3.47. The van der Waals surface area contributed by atoms with E-state index in [0.717, 1.165) is 10.5 Å². The van der Waals surface area contributed by atoms with Gasteiger partial charge in [0.25, 0.3) is 0 Å². The highest BCUT2D eigenvalue weighted by molar-refractivity contribution is 6.69. The van der Waals surface area contributed by atoms with Gasteiger partial charge in [-0.15, -0.1) is 0 Å². The van der Waals surface area contributed by atoms with Crippen LogP contribution in [0.1, 0.15) is 6.92 Å². The summed E-state index contributed by atoms with van der Waals surface area (Å²) in [6.45, 7) is 8.42. The monoisotopic (exact) mass is 164 g/mol. The Morgan fingerprint density at radius 2 is 1.78 bits per heavy atom. The van der Waals surface area contributed by atoms with Gasteiger partial charge in [-0.25, -0.2) is 0 Å². The lowest BCUT2D eigenvalue weighted by Crippen LogP contribution is -2.31. The molecule has 2 nitrogen and oxygen atoms in total. The molecule has 0 radical (unpaired) electrons. The summed E-state index contributed by atoms with van der Waals surface area (Å²) in [6.07, 6.45) is 0.0170. The van der Waals surface area contributed by atoms with Crippen LogP contribution in [-0.4, -0.2) is 25.1 Å². The van der Waals surface area contributed by atoms with E-state index < -0.39 is 8.32 Å². The Hall–Kier alpha value is 0.354. The second-order valence-electron chi connectivity index (χ2n) is 3.03. The molecule has 0 aliphatic carbocycles. The van der Waals surface area contributed by atoms with Crippen LogP contribution in [0.2, 0.25) is 19.6 Å².